The summed E-state index contributed by atoms with van der Waals surface area (Å²) in [5, 5.41) is 3.00. The van der Waals surface area contributed by atoms with Crippen LogP contribution < -0.4 is 10.1 Å². The third-order valence-corrected chi connectivity index (χ3v) is 6.21. The molecule has 1 saturated carbocycles. The molecule has 3 unspecified atom stereocenters. The number of amides is 1. The lowest BCUT2D eigenvalue weighted by Crippen LogP contribution is -2.33. The molecule has 0 radical (unpaired) electrons. The molecule has 5 heteroatoms. The van der Waals surface area contributed by atoms with Crippen molar-refractivity contribution in [2.75, 3.05) is 33.3 Å². The summed E-state index contributed by atoms with van der Waals surface area (Å²) >= 11 is 0. The smallest absolute Gasteiger partial charge is 0.251 e. The predicted octanol–water partition coefficient (Wildman–Crippen LogP) is 3.69. The van der Waals surface area contributed by atoms with Crippen molar-refractivity contribution in [2.45, 2.75) is 18.8 Å². The number of nitrogens with one attached hydrogen (secondary N) is 1. The van der Waals surface area contributed by atoms with E-state index in [-0.39, 0.29) is 11.7 Å². The van der Waals surface area contributed by atoms with Crippen molar-refractivity contribution in [1.82, 2.24) is 10.2 Å². The Balaban J connectivity index is 1.19. The number of carbonyl (C=O) groups excluding carboxylic acids is 1. The van der Waals surface area contributed by atoms with Crippen LogP contribution in [0.2, 0.25) is 0 Å². The number of methoxy groups -OCH3 is 1. The molecule has 1 amide bonds. The Kier molecular flexibility index (Phi) is 5.62. The molecule has 2 aliphatic rings. The molecule has 1 aliphatic heterocycles. The lowest BCUT2D eigenvalue weighted by molar-refractivity contribution is 0.0951. The van der Waals surface area contributed by atoms with E-state index in [0.717, 1.165) is 32.0 Å². The number of hydrogen-bond acceptors (Lipinski definition) is 3. The highest BCUT2D eigenvalue weighted by Crippen LogP contribution is 2.51. The van der Waals surface area contributed by atoms with Crippen LogP contribution in [-0.2, 0) is 0 Å². The van der Waals surface area contributed by atoms with E-state index in [1.54, 1.807) is 31.4 Å². The van der Waals surface area contributed by atoms with Gasteiger partial charge in [0, 0.05) is 25.2 Å². The van der Waals surface area contributed by atoms with Gasteiger partial charge in [-0.25, -0.2) is 4.39 Å². The fraction of sp³-hybridized carbons (Fsp3) is 0.435. The first-order valence-electron chi connectivity index (χ1n) is 10.0. The molecule has 2 fully saturated rings. The summed E-state index contributed by atoms with van der Waals surface area (Å²) in [6, 6.07) is 14.2. The number of carbonyl (C=O) groups is 1. The van der Waals surface area contributed by atoms with Gasteiger partial charge in [-0.05, 0) is 73.0 Å². The Morgan fingerprint density at radius 1 is 1.21 bits per heavy atom. The highest BCUT2D eigenvalue weighted by Gasteiger charge is 2.47. The van der Waals surface area contributed by atoms with Gasteiger partial charge in [0.2, 0.25) is 0 Å². The molecule has 2 aromatic rings. The van der Waals surface area contributed by atoms with Crippen LogP contribution in [0.15, 0.2) is 48.5 Å². The van der Waals surface area contributed by atoms with Crippen LogP contribution in [0.5, 0.6) is 5.75 Å². The fourth-order valence-corrected chi connectivity index (χ4v) is 4.65. The second-order valence-electron chi connectivity index (χ2n) is 7.92. The Bertz CT molecular complexity index is 824. The summed E-state index contributed by atoms with van der Waals surface area (Å²) in [7, 11) is 1.60. The Labute approximate surface area is 165 Å². The minimum atomic E-state index is -0.163. The number of rotatable bonds is 7. The highest BCUT2D eigenvalue weighted by molar-refractivity contribution is 5.94. The molecule has 1 aliphatic carbocycles. The van der Waals surface area contributed by atoms with Crippen LogP contribution in [0.4, 0.5) is 4.39 Å². The molecule has 0 bridgehead atoms. The maximum absolute atomic E-state index is 13.1. The highest BCUT2D eigenvalue weighted by atomic mass is 19.1. The normalized spacial score (nSPS) is 23.7. The number of benzene rings is 2. The molecule has 148 valence electrons. The maximum Gasteiger partial charge on any atom is 0.251 e. The lowest BCUT2D eigenvalue weighted by atomic mass is 9.64. The van der Waals surface area contributed by atoms with Gasteiger partial charge in [-0.1, -0.05) is 18.2 Å². The number of likely N-dealkylation sites (tertiary alicyclic amines) is 1. The summed E-state index contributed by atoms with van der Waals surface area (Å²) < 4.78 is 18.3. The molecule has 28 heavy (non-hydrogen) atoms. The molecule has 4 nitrogen and oxygen atoms in total. The Morgan fingerprint density at radius 3 is 2.82 bits per heavy atom. The lowest BCUT2D eigenvalue weighted by Gasteiger charge is -2.40. The summed E-state index contributed by atoms with van der Waals surface area (Å²) in [5.41, 5.74) is 1.90. The zero-order valence-corrected chi connectivity index (χ0v) is 16.2. The van der Waals surface area contributed by atoms with Crippen molar-refractivity contribution in [1.29, 1.82) is 0 Å². The molecule has 2 aromatic carbocycles. The molecule has 1 heterocycles. The van der Waals surface area contributed by atoms with Crippen LogP contribution in [0.1, 0.15) is 34.7 Å². The zero-order valence-electron chi connectivity index (χ0n) is 16.2. The van der Waals surface area contributed by atoms with Gasteiger partial charge in [0.1, 0.15) is 11.6 Å². The molecular weight excluding hydrogens is 355 g/mol. The predicted molar refractivity (Wildman–Crippen MR) is 107 cm³/mol. The van der Waals surface area contributed by atoms with E-state index in [1.807, 2.05) is 24.3 Å². The molecule has 1 N–H and O–H groups in total. The van der Waals surface area contributed by atoms with Crippen molar-refractivity contribution >= 4 is 5.91 Å². The number of hydrogen-bond donors (Lipinski definition) is 1. The molecule has 4 rings (SSSR count). The summed E-state index contributed by atoms with van der Waals surface area (Å²) in [6.45, 7) is 3.92. The Morgan fingerprint density at radius 2 is 2.04 bits per heavy atom. The van der Waals surface area contributed by atoms with Gasteiger partial charge in [0.25, 0.3) is 5.91 Å². The quantitative estimate of drug-likeness (QED) is 0.743. The largest absolute Gasteiger partial charge is 0.497 e. The Hall–Kier alpha value is -2.40. The molecule has 1 saturated heterocycles. The van der Waals surface area contributed by atoms with Gasteiger partial charge < -0.3 is 15.0 Å². The van der Waals surface area contributed by atoms with Gasteiger partial charge in [-0.3, -0.25) is 4.79 Å². The SMILES string of the molecule is COc1cccc(C(=O)NCCCN2CC3CC(c4ccc(F)cc4)C3C2)c1. The van der Waals surface area contributed by atoms with Crippen molar-refractivity contribution < 1.29 is 13.9 Å². The van der Waals surface area contributed by atoms with E-state index in [2.05, 4.69) is 10.2 Å². The standard InChI is InChI=1S/C23H27FN2O2/c1-28-20-5-2-4-17(12-20)23(27)25-10-3-11-26-14-18-13-21(22(18)15-26)16-6-8-19(24)9-7-16/h2,4-9,12,18,21-22H,3,10-11,13-15H2,1H3,(H,25,27). The fourth-order valence-electron chi connectivity index (χ4n) is 4.65. The minimum absolute atomic E-state index is 0.0586. The molecule has 0 spiro atoms. The number of ether oxygens (including phenoxy) is 1. The van der Waals surface area contributed by atoms with Crippen LogP contribution in [-0.4, -0.2) is 44.1 Å². The number of nitrogens with zero attached hydrogens (tertiary/aromatic N) is 1. The van der Waals surface area contributed by atoms with Crippen LogP contribution in [0.3, 0.4) is 0 Å². The van der Waals surface area contributed by atoms with Crippen LogP contribution in [0.25, 0.3) is 0 Å². The molecular formula is C23H27FN2O2. The van der Waals surface area contributed by atoms with E-state index in [0.29, 0.717) is 29.7 Å². The van der Waals surface area contributed by atoms with E-state index < -0.39 is 0 Å². The monoisotopic (exact) mass is 382 g/mol. The molecule has 3 atom stereocenters. The molecule has 0 aromatic heterocycles. The van der Waals surface area contributed by atoms with E-state index in [9.17, 15) is 9.18 Å². The first-order valence-corrected chi connectivity index (χ1v) is 10.0. The summed E-state index contributed by atoms with van der Waals surface area (Å²) in [4.78, 5) is 14.8. The second kappa shape index (κ2) is 8.31. The summed E-state index contributed by atoms with van der Waals surface area (Å²) in [5.74, 6) is 2.50. The first-order chi connectivity index (χ1) is 13.6. The number of halogens is 1. The van der Waals surface area contributed by atoms with Gasteiger partial charge in [-0.2, -0.15) is 0 Å². The summed E-state index contributed by atoms with van der Waals surface area (Å²) in [6.07, 6.45) is 2.15. The van der Waals surface area contributed by atoms with Gasteiger partial charge >= 0.3 is 0 Å². The second-order valence-corrected chi connectivity index (χ2v) is 7.92. The number of fused-ring (bicyclic) bond motifs is 1. The van der Waals surface area contributed by atoms with Crippen molar-refractivity contribution in [3.63, 3.8) is 0 Å². The third kappa shape index (κ3) is 4.04. The minimum Gasteiger partial charge on any atom is -0.497 e. The average Bonchev–Trinajstić information content (AvgIpc) is 3.02. The van der Waals surface area contributed by atoms with Crippen LogP contribution >= 0.6 is 0 Å². The van der Waals surface area contributed by atoms with E-state index in [1.165, 1.54) is 12.0 Å². The van der Waals surface area contributed by atoms with Crippen molar-refractivity contribution in [2.24, 2.45) is 11.8 Å². The zero-order chi connectivity index (χ0) is 19.5. The third-order valence-electron chi connectivity index (χ3n) is 6.21. The topological polar surface area (TPSA) is 41.6 Å². The van der Waals surface area contributed by atoms with Crippen LogP contribution in [0, 0.1) is 17.7 Å². The van der Waals surface area contributed by atoms with Crippen molar-refractivity contribution in [3.8, 4) is 5.75 Å². The van der Waals surface area contributed by atoms with Crippen molar-refractivity contribution in [3.05, 3.63) is 65.5 Å². The van der Waals surface area contributed by atoms with Gasteiger partial charge in [0.05, 0.1) is 7.11 Å². The van der Waals surface area contributed by atoms with E-state index in [4.69, 9.17) is 4.74 Å². The maximum atomic E-state index is 13.1. The van der Waals surface area contributed by atoms with Gasteiger partial charge in [-0.15, -0.1) is 0 Å². The first kappa shape index (κ1) is 18.9. The average molecular weight is 382 g/mol. The van der Waals surface area contributed by atoms with Gasteiger partial charge in [0.15, 0.2) is 0 Å². The van der Waals surface area contributed by atoms with E-state index >= 15 is 0 Å².